The van der Waals surface area contributed by atoms with Crippen LogP contribution in [-0.4, -0.2) is 9.79 Å². The molecule has 3 nitrogen and oxygen atoms in total. The average Bonchev–Trinajstić information content (AvgIpc) is 2.58. The molecule has 0 fully saturated rings. The van der Waals surface area contributed by atoms with E-state index in [0.29, 0.717) is 0 Å². The predicted molar refractivity (Wildman–Crippen MR) is 114 cm³/mol. The number of hydrogen-bond donors (Lipinski definition) is 2. The van der Waals surface area contributed by atoms with Gasteiger partial charge in [-0.1, -0.05) is 67.4 Å². The van der Waals surface area contributed by atoms with E-state index in [1.807, 2.05) is 52.0 Å². The van der Waals surface area contributed by atoms with Gasteiger partial charge in [0.05, 0.1) is 0 Å². The summed E-state index contributed by atoms with van der Waals surface area (Å²) in [4.78, 5) is 19.9. The summed E-state index contributed by atoms with van der Waals surface area (Å²) < 4.78 is 5.99. The summed E-state index contributed by atoms with van der Waals surface area (Å²) in [6.07, 6.45) is 2.75. The zero-order valence-corrected chi connectivity index (χ0v) is 17.9. The smallest absolute Gasteiger partial charge is 0.328 e. The van der Waals surface area contributed by atoms with Crippen LogP contribution in [0.15, 0.2) is 48.6 Å². The van der Waals surface area contributed by atoms with Crippen LogP contribution in [0.5, 0.6) is 0 Å². The molecule has 0 aliphatic heterocycles. The van der Waals surface area contributed by atoms with Crippen LogP contribution in [0, 0.1) is 27.7 Å². The highest BCUT2D eigenvalue weighted by Crippen LogP contribution is 2.51. The molecule has 0 aliphatic carbocycles. The Balaban J connectivity index is 2.82. The van der Waals surface area contributed by atoms with Gasteiger partial charge in [0.25, 0.3) is 0 Å². The molecule has 0 unspecified atom stereocenters. The fourth-order valence-corrected chi connectivity index (χ4v) is 4.37. The molecule has 27 heavy (non-hydrogen) atoms. The van der Waals surface area contributed by atoms with E-state index < -0.39 is 14.2 Å². The second-order valence-electron chi connectivity index (χ2n) is 7.37. The van der Waals surface area contributed by atoms with E-state index in [1.54, 1.807) is 0 Å². The minimum Gasteiger partial charge on any atom is -0.328 e. The lowest BCUT2D eigenvalue weighted by atomic mass is 9.75. The third-order valence-corrected chi connectivity index (χ3v) is 5.51. The van der Waals surface area contributed by atoms with Gasteiger partial charge in [-0.2, -0.15) is 0 Å². The highest BCUT2D eigenvalue weighted by molar-refractivity contribution is 7.39. The SMILES string of the molecule is C=C(CCCC)C(OP(O)O)(c1ccc(C)cc1C)c1ccc(C)cc1C. The quantitative estimate of drug-likeness (QED) is 0.423. The number of aryl methyl sites for hydroxylation is 4. The van der Waals surface area contributed by atoms with E-state index in [-0.39, 0.29) is 0 Å². The van der Waals surface area contributed by atoms with Gasteiger partial charge < -0.3 is 9.79 Å². The molecule has 146 valence electrons. The van der Waals surface area contributed by atoms with E-state index in [2.05, 4.69) is 25.6 Å². The molecule has 0 saturated carbocycles. The van der Waals surface area contributed by atoms with E-state index in [4.69, 9.17) is 4.52 Å². The Morgan fingerprint density at radius 1 is 0.963 bits per heavy atom. The van der Waals surface area contributed by atoms with Crippen molar-refractivity contribution in [3.63, 3.8) is 0 Å². The topological polar surface area (TPSA) is 49.7 Å². The number of hydrogen-bond acceptors (Lipinski definition) is 3. The average molecular weight is 386 g/mol. The lowest BCUT2D eigenvalue weighted by Gasteiger charge is -2.39. The normalized spacial score (nSPS) is 11.9. The Morgan fingerprint density at radius 3 is 1.81 bits per heavy atom. The molecule has 0 aliphatic rings. The molecule has 4 heteroatoms. The zero-order chi connectivity index (χ0) is 20.2. The third-order valence-electron chi connectivity index (χ3n) is 5.07. The monoisotopic (exact) mass is 386 g/mol. The zero-order valence-electron chi connectivity index (χ0n) is 17.0. The Hall–Kier alpha value is -1.51. The Morgan fingerprint density at radius 2 is 1.44 bits per heavy atom. The largest absolute Gasteiger partial charge is 0.328 e. The molecule has 2 aromatic carbocycles. The van der Waals surface area contributed by atoms with Gasteiger partial charge in [-0.15, -0.1) is 0 Å². The second-order valence-corrected chi connectivity index (χ2v) is 8.06. The van der Waals surface area contributed by atoms with Crippen LogP contribution in [0.3, 0.4) is 0 Å². The second kappa shape index (κ2) is 9.12. The predicted octanol–water partition coefficient (Wildman–Crippen LogP) is 6.14. The molecule has 0 saturated heterocycles. The standard InChI is InChI=1S/C23H31O3P/c1-7-8-9-20(6)23(26-27(24)25,21-12-10-16(2)14-18(21)4)22-13-11-17(3)15-19(22)5/h10-15,24-25H,6-9H2,1-5H3. The van der Waals surface area contributed by atoms with Crippen LogP contribution in [0.1, 0.15) is 59.6 Å². The molecule has 2 rings (SSSR count). The van der Waals surface area contributed by atoms with Crippen molar-refractivity contribution in [1.29, 1.82) is 0 Å². The first-order valence-corrected chi connectivity index (χ1v) is 10.6. The first-order valence-electron chi connectivity index (χ1n) is 9.43. The van der Waals surface area contributed by atoms with Crippen molar-refractivity contribution in [2.45, 2.75) is 59.5 Å². The van der Waals surface area contributed by atoms with Crippen molar-refractivity contribution in [3.05, 3.63) is 81.9 Å². The minimum absolute atomic E-state index is 0.750. The lowest BCUT2D eigenvalue weighted by Crippen LogP contribution is -2.34. The van der Waals surface area contributed by atoms with Gasteiger partial charge in [0, 0.05) is 0 Å². The van der Waals surface area contributed by atoms with Gasteiger partial charge in [0.2, 0.25) is 0 Å². The Kier molecular flexibility index (Phi) is 7.36. The molecule has 0 spiro atoms. The maximum Gasteiger partial charge on any atom is 0.328 e. The highest BCUT2D eigenvalue weighted by Gasteiger charge is 2.42. The Labute approximate surface area is 164 Å². The summed E-state index contributed by atoms with van der Waals surface area (Å²) in [7, 11) is -2.58. The van der Waals surface area contributed by atoms with Crippen molar-refractivity contribution in [1.82, 2.24) is 0 Å². The van der Waals surface area contributed by atoms with Crippen LogP contribution in [0.2, 0.25) is 0 Å². The summed E-state index contributed by atoms with van der Waals surface area (Å²) >= 11 is 0. The van der Waals surface area contributed by atoms with Crippen molar-refractivity contribution in [2.24, 2.45) is 0 Å². The number of rotatable bonds is 8. The molecule has 2 N–H and O–H groups in total. The summed E-state index contributed by atoms with van der Waals surface area (Å²) in [6, 6.07) is 12.3. The van der Waals surface area contributed by atoms with Gasteiger partial charge in [0.1, 0.15) is 5.60 Å². The molecule has 0 bridgehead atoms. The minimum atomic E-state index is -2.58. The van der Waals surface area contributed by atoms with Gasteiger partial charge in [-0.25, -0.2) is 0 Å². The van der Waals surface area contributed by atoms with Crippen LogP contribution in [0.4, 0.5) is 0 Å². The van der Waals surface area contributed by atoms with Crippen LogP contribution < -0.4 is 0 Å². The molecule has 0 amide bonds. The lowest BCUT2D eigenvalue weighted by molar-refractivity contribution is 0.121. The maximum atomic E-state index is 9.93. The van der Waals surface area contributed by atoms with E-state index in [9.17, 15) is 9.79 Å². The highest BCUT2D eigenvalue weighted by atomic mass is 31.2. The summed E-state index contributed by atoms with van der Waals surface area (Å²) in [6.45, 7) is 14.7. The van der Waals surface area contributed by atoms with Crippen molar-refractivity contribution >= 4 is 8.60 Å². The number of benzene rings is 2. The fourth-order valence-electron chi connectivity index (χ4n) is 3.79. The van der Waals surface area contributed by atoms with Crippen LogP contribution >= 0.6 is 8.60 Å². The molecule has 2 aromatic rings. The Bertz CT molecular complexity index is 760. The van der Waals surface area contributed by atoms with E-state index in [1.165, 1.54) is 0 Å². The van der Waals surface area contributed by atoms with Crippen molar-refractivity contribution in [3.8, 4) is 0 Å². The fraction of sp³-hybridized carbons (Fsp3) is 0.391. The molecule has 0 radical (unpaired) electrons. The summed E-state index contributed by atoms with van der Waals surface area (Å²) in [5.74, 6) is 0. The van der Waals surface area contributed by atoms with E-state index >= 15 is 0 Å². The molecular formula is C23H31O3P. The van der Waals surface area contributed by atoms with Crippen LogP contribution in [0.25, 0.3) is 0 Å². The first-order chi connectivity index (χ1) is 12.7. The molecule has 0 aromatic heterocycles. The first kappa shape index (κ1) is 21.8. The van der Waals surface area contributed by atoms with Crippen molar-refractivity contribution < 1.29 is 14.3 Å². The molecule has 0 heterocycles. The van der Waals surface area contributed by atoms with Gasteiger partial charge in [0.15, 0.2) is 0 Å². The number of unbranched alkanes of at least 4 members (excludes halogenated alkanes) is 1. The summed E-state index contributed by atoms with van der Waals surface area (Å²) in [5, 5.41) is 0. The maximum absolute atomic E-state index is 9.93. The van der Waals surface area contributed by atoms with Gasteiger partial charge in [-0.3, -0.25) is 4.52 Å². The van der Waals surface area contributed by atoms with Gasteiger partial charge >= 0.3 is 8.60 Å². The van der Waals surface area contributed by atoms with Crippen molar-refractivity contribution in [2.75, 3.05) is 0 Å². The molecular weight excluding hydrogens is 355 g/mol. The van der Waals surface area contributed by atoms with Gasteiger partial charge in [-0.05, 0) is 68.4 Å². The summed E-state index contributed by atoms with van der Waals surface area (Å²) in [5.41, 5.74) is 5.99. The van der Waals surface area contributed by atoms with Crippen LogP contribution in [-0.2, 0) is 10.1 Å². The third kappa shape index (κ3) is 4.67. The van der Waals surface area contributed by atoms with E-state index in [0.717, 1.165) is 58.2 Å². The molecule has 0 atom stereocenters.